The fourth-order valence-corrected chi connectivity index (χ4v) is 3.16. The van der Waals surface area contributed by atoms with Crippen LogP contribution in [-0.4, -0.2) is 10.8 Å². The zero-order valence-corrected chi connectivity index (χ0v) is 12.6. The largest absolute Gasteiger partial charge is 0.399 e. The number of anilines is 1. The van der Waals surface area contributed by atoms with Gasteiger partial charge in [-0.05, 0) is 48.0 Å². The standard InChI is InChI=1S/C13H13BrN2OS/c1-7-8(2)18-13(16-7)6-12(17)10-4-3-9(15)5-11(10)14/h3-5H,6,15H2,1-2H3. The van der Waals surface area contributed by atoms with Crippen molar-refractivity contribution in [1.82, 2.24) is 4.98 Å². The van der Waals surface area contributed by atoms with Gasteiger partial charge in [-0.1, -0.05) is 0 Å². The molecule has 0 saturated carbocycles. The first-order valence-corrected chi connectivity index (χ1v) is 7.09. The summed E-state index contributed by atoms with van der Waals surface area (Å²) in [4.78, 5) is 17.7. The quantitative estimate of drug-likeness (QED) is 0.694. The van der Waals surface area contributed by atoms with Crippen molar-refractivity contribution < 1.29 is 4.79 Å². The van der Waals surface area contributed by atoms with E-state index in [9.17, 15) is 4.79 Å². The Labute approximate surface area is 118 Å². The first-order valence-electron chi connectivity index (χ1n) is 5.48. The molecule has 0 bridgehead atoms. The van der Waals surface area contributed by atoms with Gasteiger partial charge in [0.1, 0.15) is 5.01 Å². The third kappa shape index (κ3) is 2.79. The van der Waals surface area contributed by atoms with Gasteiger partial charge < -0.3 is 5.73 Å². The number of aryl methyl sites for hydroxylation is 2. The van der Waals surface area contributed by atoms with Gasteiger partial charge in [-0.15, -0.1) is 11.3 Å². The van der Waals surface area contributed by atoms with Gasteiger partial charge >= 0.3 is 0 Å². The monoisotopic (exact) mass is 324 g/mol. The SMILES string of the molecule is Cc1nc(CC(=O)c2ccc(N)cc2Br)sc1C. The smallest absolute Gasteiger partial charge is 0.170 e. The Morgan fingerprint density at radius 3 is 2.72 bits per heavy atom. The Kier molecular flexibility index (Phi) is 3.82. The lowest BCUT2D eigenvalue weighted by Gasteiger charge is -2.03. The predicted molar refractivity (Wildman–Crippen MR) is 78.2 cm³/mol. The number of nitrogens with two attached hydrogens (primary N) is 1. The number of rotatable bonds is 3. The van der Waals surface area contributed by atoms with Gasteiger partial charge in [-0.2, -0.15) is 0 Å². The zero-order valence-electron chi connectivity index (χ0n) is 10.2. The maximum atomic E-state index is 12.2. The minimum atomic E-state index is 0.0515. The molecule has 2 N–H and O–H groups in total. The number of hydrogen-bond donors (Lipinski definition) is 1. The first-order chi connectivity index (χ1) is 8.47. The van der Waals surface area contributed by atoms with Crippen LogP contribution in [0.1, 0.15) is 25.9 Å². The van der Waals surface area contributed by atoms with E-state index in [1.807, 2.05) is 13.8 Å². The van der Waals surface area contributed by atoms with Crippen molar-refractivity contribution in [2.24, 2.45) is 0 Å². The van der Waals surface area contributed by atoms with E-state index in [0.29, 0.717) is 17.7 Å². The number of nitrogens with zero attached hydrogens (tertiary/aromatic N) is 1. The van der Waals surface area contributed by atoms with E-state index in [0.717, 1.165) is 20.1 Å². The summed E-state index contributed by atoms with van der Waals surface area (Å²) in [6.07, 6.45) is 0.335. The maximum Gasteiger partial charge on any atom is 0.170 e. The van der Waals surface area contributed by atoms with Crippen molar-refractivity contribution in [2.45, 2.75) is 20.3 Å². The first kappa shape index (κ1) is 13.2. The van der Waals surface area contributed by atoms with Gasteiger partial charge in [0.2, 0.25) is 0 Å². The number of benzene rings is 1. The number of ketones is 1. The van der Waals surface area contributed by atoms with Crippen LogP contribution >= 0.6 is 27.3 Å². The number of thiazole rings is 1. The molecule has 0 amide bonds. The normalized spacial score (nSPS) is 10.6. The highest BCUT2D eigenvalue weighted by Gasteiger charge is 2.14. The summed E-state index contributed by atoms with van der Waals surface area (Å²) in [5.41, 5.74) is 7.94. The van der Waals surface area contributed by atoms with E-state index in [2.05, 4.69) is 20.9 Å². The molecule has 0 spiro atoms. The molecule has 1 aromatic carbocycles. The van der Waals surface area contributed by atoms with Crippen molar-refractivity contribution >= 4 is 38.7 Å². The van der Waals surface area contributed by atoms with Gasteiger partial charge in [0.05, 0.1) is 12.1 Å². The average molecular weight is 325 g/mol. The number of halogens is 1. The van der Waals surface area contributed by atoms with Crippen LogP contribution < -0.4 is 5.73 Å². The number of hydrogen-bond acceptors (Lipinski definition) is 4. The fraction of sp³-hybridized carbons (Fsp3) is 0.231. The van der Waals surface area contributed by atoms with Gasteiger partial charge in [0.25, 0.3) is 0 Å². The summed E-state index contributed by atoms with van der Waals surface area (Å²) >= 11 is 4.94. The predicted octanol–water partition coefficient (Wildman–Crippen LogP) is 3.53. The van der Waals surface area contributed by atoms with E-state index in [1.54, 1.807) is 29.5 Å². The van der Waals surface area contributed by atoms with Gasteiger partial charge in [0, 0.05) is 20.6 Å². The minimum Gasteiger partial charge on any atom is -0.399 e. The summed E-state index contributed by atoms with van der Waals surface area (Å²) in [5, 5.41) is 0.860. The van der Waals surface area contributed by atoms with Crippen molar-refractivity contribution in [3.8, 4) is 0 Å². The number of aromatic nitrogens is 1. The molecule has 0 aliphatic rings. The molecule has 1 heterocycles. The summed E-state index contributed by atoms with van der Waals surface area (Å²) < 4.78 is 0.734. The second-order valence-electron chi connectivity index (χ2n) is 4.09. The number of carbonyl (C=O) groups excluding carboxylic acids is 1. The van der Waals surface area contributed by atoms with Crippen LogP contribution in [0.3, 0.4) is 0 Å². The maximum absolute atomic E-state index is 12.2. The summed E-state index contributed by atoms with van der Waals surface area (Å²) in [5.74, 6) is 0.0515. The molecular formula is C13H13BrN2OS. The summed E-state index contributed by atoms with van der Waals surface area (Å²) in [6, 6.07) is 5.22. The van der Waals surface area contributed by atoms with E-state index < -0.39 is 0 Å². The van der Waals surface area contributed by atoms with E-state index in [1.165, 1.54) is 0 Å². The molecule has 0 fully saturated rings. The Bertz CT molecular complexity index is 588. The van der Waals surface area contributed by atoms with Crippen molar-refractivity contribution in [1.29, 1.82) is 0 Å². The molecule has 0 aliphatic carbocycles. The zero-order chi connectivity index (χ0) is 13.3. The molecule has 2 rings (SSSR count). The second kappa shape index (κ2) is 5.20. The Morgan fingerprint density at radius 1 is 1.44 bits per heavy atom. The molecule has 1 aromatic heterocycles. The third-order valence-electron chi connectivity index (χ3n) is 2.68. The number of nitrogen functional groups attached to an aromatic ring is 1. The number of Topliss-reactive ketones (excluding diaryl/α,β-unsaturated/α-hetero) is 1. The van der Waals surface area contributed by atoms with Crippen LogP contribution in [0.25, 0.3) is 0 Å². The molecule has 94 valence electrons. The second-order valence-corrected chi connectivity index (χ2v) is 6.23. The highest BCUT2D eigenvalue weighted by atomic mass is 79.9. The fourth-order valence-electron chi connectivity index (χ4n) is 1.60. The molecule has 5 heteroatoms. The van der Waals surface area contributed by atoms with Crippen LogP contribution in [0.4, 0.5) is 5.69 Å². The molecule has 0 radical (unpaired) electrons. The van der Waals surface area contributed by atoms with Crippen LogP contribution in [-0.2, 0) is 6.42 Å². The topological polar surface area (TPSA) is 56.0 Å². The number of carbonyl (C=O) groups is 1. The lowest BCUT2D eigenvalue weighted by molar-refractivity contribution is 0.0992. The molecule has 0 aliphatic heterocycles. The van der Waals surface area contributed by atoms with Crippen molar-refractivity contribution in [3.05, 3.63) is 43.8 Å². The molecular weight excluding hydrogens is 312 g/mol. The van der Waals surface area contributed by atoms with Gasteiger partial charge in [0.15, 0.2) is 5.78 Å². The Morgan fingerprint density at radius 2 is 2.17 bits per heavy atom. The van der Waals surface area contributed by atoms with E-state index >= 15 is 0 Å². The molecule has 3 nitrogen and oxygen atoms in total. The minimum absolute atomic E-state index is 0.0515. The van der Waals surface area contributed by atoms with Crippen LogP contribution in [0.5, 0.6) is 0 Å². The van der Waals surface area contributed by atoms with Crippen molar-refractivity contribution in [2.75, 3.05) is 5.73 Å². The van der Waals surface area contributed by atoms with Crippen molar-refractivity contribution in [3.63, 3.8) is 0 Å². The molecule has 0 saturated heterocycles. The van der Waals surface area contributed by atoms with Crippen LogP contribution in [0.2, 0.25) is 0 Å². The Hall–Kier alpha value is -1.20. The average Bonchev–Trinajstić information content (AvgIpc) is 2.57. The van der Waals surface area contributed by atoms with Crippen LogP contribution in [0, 0.1) is 13.8 Å². The summed E-state index contributed by atoms with van der Waals surface area (Å²) in [6.45, 7) is 3.97. The molecule has 0 atom stereocenters. The van der Waals surface area contributed by atoms with E-state index in [4.69, 9.17) is 5.73 Å². The van der Waals surface area contributed by atoms with Gasteiger partial charge in [-0.3, -0.25) is 4.79 Å². The third-order valence-corrected chi connectivity index (χ3v) is 4.41. The van der Waals surface area contributed by atoms with Gasteiger partial charge in [-0.25, -0.2) is 4.98 Å². The molecule has 2 aromatic rings. The summed E-state index contributed by atoms with van der Waals surface area (Å²) in [7, 11) is 0. The highest BCUT2D eigenvalue weighted by molar-refractivity contribution is 9.10. The highest BCUT2D eigenvalue weighted by Crippen LogP contribution is 2.23. The Balaban J connectivity index is 2.22. The van der Waals surface area contributed by atoms with Crippen LogP contribution in [0.15, 0.2) is 22.7 Å². The molecule has 0 unspecified atom stereocenters. The molecule has 18 heavy (non-hydrogen) atoms. The van der Waals surface area contributed by atoms with E-state index in [-0.39, 0.29) is 5.78 Å². The lowest BCUT2D eigenvalue weighted by Crippen LogP contribution is -2.04. The lowest BCUT2D eigenvalue weighted by atomic mass is 10.1.